The number of rotatable bonds is 3. The van der Waals surface area contributed by atoms with Gasteiger partial charge < -0.3 is 9.64 Å². The fourth-order valence-electron chi connectivity index (χ4n) is 4.13. The number of halogens is 4. The first-order valence-corrected chi connectivity index (χ1v) is 11.0. The standard InChI is InChI=1S/C23H18F4N8O2/c1-33-10-13(9-29-33)16-11-35(5-6-37-16)22-31-17(14-4-3-12(8-28)7-15(14)24)18-19(32-22)20(36)34(2)21(30-18)23(25,26)27/h3-4,7,9-10,16H,5-6,11H2,1-2H3. The summed E-state index contributed by atoms with van der Waals surface area (Å²) in [5, 5.41) is 13.2. The summed E-state index contributed by atoms with van der Waals surface area (Å²) in [4.78, 5) is 27.0. The number of aryl methyl sites for hydroxylation is 1. The third-order valence-corrected chi connectivity index (χ3v) is 5.97. The molecule has 10 nitrogen and oxygen atoms in total. The van der Waals surface area contributed by atoms with Crippen molar-refractivity contribution in [2.75, 3.05) is 24.6 Å². The van der Waals surface area contributed by atoms with E-state index >= 15 is 4.39 Å². The van der Waals surface area contributed by atoms with Crippen molar-refractivity contribution in [1.29, 1.82) is 5.26 Å². The van der Waals surface area contributed by atoms with Gasteiger partial charge in [-0.15, -0.1) is 0 Å². The predicted molar refractivity (Wildman–Crippen MR) is 122 cm³/mol. The first-order valence-electron chi connectivity index (χ1n) is 11.0. The van der Waals surface area contributed by atoms with E-state index in [1.165, 1.54) is 12.1 Å². The van der Waals surface area contributed by atoms with Crippen LogP contribution in [0.2, 0.25) is 0 Å². The van der Waals surface area contributed by atoms with Crippen LogP contribution in [0.25, 0.3) is 22.3 Å². The van der Waals surface area contributed by atoms with Gasteiger partial charge in [0, 0.05) is 38.0 Å². The fraction of sp³-hybridized carbons (Fsp3) is 0.304. The molecule has 4 heterocycles. The topological polar surface area (TPSA) is 115 Å². The second-order valence-electron chi connectivity index (χ2n) is 8.43. The first-order chi connectivity index (χ1) is 17.6. The molecule has 0 radical (unpaired) electrons. The highest BCUT2D eigenvalue weighted by atomic mass is 19.4. The molecule has 1 atom stereocenters. The van der Waals surface area contributed by atoms with E-state index in [9.17, 15) is 18.0 Å². The maximum Gasteiger partial charge on any atom is 0.449 e. The number of benzene rings is 1. The summed E-state index contributed by atoms with van der Waals surface area (Å²) in [6.45, 7) is 0.831. The van der Waals surface area contributed by atoms with Gasteiger partial charge in [0.1, 0.15) is 23.1 Å². The second-order valence-corrected chi connectivity index (χ2v) is 8.43. The number of hydrogen-bond donors (Lipinski definition) is 0. The van der Waals surface area contributed by atoms with Gasteiger partial charge in [-0.2, -0.15) is 23.5 Å². The van der Waals surface area contributed by atoms with Gasteiger partial charge in [-0.05, 0) is 18.2 Å². The van der Waals surface area contributed by atoms with Crippen LogP contribution in [0.4, 0.5) is 23.5 Å². The SMILES string of the molecule is Cn1cc(C2CN(c3nc(-c4ccc(C#N)cc4F)c4nc(C(F)(F)F)n(C)c(=O)c4n3)CCO2)cn1. The van der Waals surface area contributed by atoms with Crippen LogP contribution >= 0.6 is 0 Å². The largest absolute Gasteiger partial charge is 0.449 e. The summed E-state index contributed by atoms with van der Waals surface area (Å²) in [6, 6.07) is 5.24. The van der Waals surface area contributed by atoms with Crippen molar-refractivity contribution in [3.05, 3.63) is 63.7 Å². The molecular formula is C23H18F4N8O2. The Labute approximate surface area is 206 Å². The Kier molecular flexibility index (Phi) is 5.87. The average molecular weight is 514 g/mol. The zero-order chi connectivity index (χ0) is 26.5. The molecule has 1 aliphatic heterocycles. The van der Waals surface area contributed by atoms with E-state index in [1.807, 2.05) is 0 Å². The summed E-state index contributed by atoms with van der Waals surface area (Å²) in [5.74, 6) is -2.38. The minimum atomic E-state index is -4.96. The molecular weight excluding hydrogens is 496 g/mol. The van der Waals surface area contributed by atoms with Crippen molar-refractivity contribution in [3.8, 4) is 17.3 Å². The van der Waals surface area contributed by atoms with Crippen LogP contribution in [0.3, 0.4) is 0 Å². The van der Waals surface area contributed by atoms with E-state index < -0.39 is 40.5 Å². The van der Waals surface area contributed by atoms with Gasteiger partial charge in [0.25, 0.3) is 5.56 Å². The lowest BCUT2D eigenvalue weighted by atomic mass is 10.1. The number of fused-ring (bicyclic) bond motifs is 1. The molecule has 0 spiro atoms. The van der Waals surface area contributed by atoms with Gasteiger partial charge in [0.05, 0.1) is 31.0 Å². The molecule has 5 rings (SSSR count). The van der Waals surface area contributed by atoms with E-state index in [2.05, 4.69) is 20.1 Å². The maximum absolute atomic E-state index is 15.0. The number of aromatic nitrogens is 6. The van der Waals surface area contributed by atoms with Crippen molar-refractivity contribution in [2.45, 2.75) is 12.3 Å². The number of hydrogen-bond acceptors (Lipinski definition) is 8. The molecule has 0 amide bonds. The summed E-state index contributed by atoms with van der Waals surface area (Å²) < 4.78 is 63.8. The first kappa shape index (κ1) is 24.3. The molecule has 0 N–H and O–H groups in total. The third-order valence-electron chi connectivity index (χ3n) is 5.97. The van der Waals surface area contributed by atoms with Crippen LogP contribution in [-0.4, -0.2) is 49.0 Å². The lowest BCUT2D eigenvalue weighted by Gasteiger charge is -2.32. The number of anilines is 1. The summed E-state index contributed by atoms with van der Waals surface area (Å²) in [7, 11) is 2.70. The molecule has 4 aromatic rings. The molecule has 1 aliphatic rings. The van der Waals surface area contributed by atoms with Gasteiger partial charge in [0.15, 0.2) is 5.52 Å². The second kappa shape index (κ2) is 8.93. The van der Waals surface area contributed by atoms with Crippen LogP contribution in [0, 0.1) is 17.1 Å². The van der Waals surface area contributed by atoms with Gasteiger partial charge in [-0.1, -0.05) is 0 Å². The zero-order valence-electron chi connectivity index (χ0n) is 19.5. The van der Waals surface area contributed by atoms with Crippen molar-refractivity contribution in [2.24, 2.45) is 14.1 Å². The molecule has 1 aromatic carbocycles. The summed E-state index contributed by atoms with van der Waals surface area (Å²) in [6.07, 6.45) is -1.94. The Balaban J connectivity index is 1.72. The number of morpholine rings is 1. The highest BCUT2D eigenvalue weighted by molar-refractivity contribution is 5.90. The lowest BCUT2D eigenvalue weighted by Crippen LogP contribution is -2.39. The highest BCUT2D eigenvalue weighted by Crippen LogP contribution is 2.33. The number of nitrogens with zero attached hydrogens (tertiary/aromatic N) is 8. The van der Waals surface area contributed by atoms with Gasteiger partial charge in [-0.3, -0.25) is 14.0 Å². The van der Waals surface area contributed by atoms with E-state index in [0.29, 0.717) is 11.1 Å². The molecule has 3 aromatic heterocycles. The minimum Gasteiger partial charge on any atom is -0.370 e. The lowest BCUT2D eigenvalue weighted by molar-refractivity contribution is -0.147. The van der Waals surface area contributed by atoms with Gasteiger partial charge in [0.2, 0.25) is 11.8 Å². The van der Waals surface area contributed by atoms with Crippen molar-refractivity contribution >= 4 is 17.0 Å². The van der Waals surface area contributed by atoms with E-state index in [4.69, 9.17) is 10.00 Å². The fourth-order valence-corrected chi connectivity index (χ4v) is 4.13. The van der Waals surface area contributed by atoms with Crippen LogP contribution in [0.5, 0.6) is 0 Å². The minimum absolute atomic E-state index is 0.00195. The van der Waals surface area contributed by atoms with Crippen molar-refractivity contribution in [3.63, 3.8) is 0 Å². The molecule has 0 aliphatic carbocycles. The number of nitriles is 1. The number of ether oxygens (including phenoxy) is 1. The van der Waals surface area contributed by atoms with Crippen LogP contribution in [0.15, 0.2) is 35.4 Å². The van der Waals surface area contributed by atoms with Gasteiger partial charge in [-0.25, -0.2) is 19.3 Å². The number of alkyl halides is 3. The Morgan fingerprint density at radius 3 is 2.59 bits per heavy atom. The maximum atomic E-state index is 15.0. The summed E-state index contributed by atoms with van der Waals surface area (Å²) in [5.41, 5.74) is -1.68. The van der Waals surface area contributed by atoms with Crippen LogP contribution in [0.1, 0.15) is 23.1 Å². The normalized spacial score (nSPS) is 16.2. The Morgan fingerprint density at radius 1 is 1.16 bits per heavy atom. The average Bonchev–Trinajstić information content (AvgIpc) is 3.31. The van der Waals surface area contributed by atoms with Crippen molar-refractivity contribution in [1.82, 2.24) is 29.3 Å². The third kappa shape index (κ3) is 4.38. The molecule has 1 fully saturated rings. The quantitative estimate of drug-likeness (QED) is 0.384. The highest BCUT2D eigenvalue weighted by Gasteiger charge is 2.37. The van der Waals surface area contributed by atoms with Crippen molar-refractivity contribution < 1.29 is 22.3 Å². The Bertz CT molecular complexity index is 1620. The van der Waals surface area contributed by atoms with Crippen LogP contribution in [-0.2, 0) is 25.0 Å². The van der Waals surface area contributed by atoms with E-state index in [1.54, 1.807) is 35.1 Å². The van der Waals surface area contributed by atoms with Gasteiger partial charge >= 0.3 is 6.18 Å². The molecule has 14 heteroatoms. The molecule has 0 bridgehead atoms. The molecule has 190 valence electrons. The molecule has 1 saturated heterocycles. The Hall–Kier alpha value is -4.38. The zero-order valence-corrected chi connectivity index (χ0v) is 19.5. The molecule has 37 heavy (non-hydrogen) atoms. The summed E-state index contributed by atoms with van der Waals surface area (Å²) >= 11 is 0. The molecule has 0 saturated carbocycles. The molecule has 1 unspecified atom stereocenters. The smallest absolute Gasteiger partial charge is 0.370 e. The van der Waals surface area contributed by atoms with E-state index in [-0.39, 0.29) is 35.9 Å². The Morgan fingerprint density at radius 2 is 1.95 bits per heavy atom. The van der Waals surface area contributed by atoms with E-state index in [0.717, 1.165) is 18.7 Å². The predicted octanol–water partition coefficient (Wildman–Crippen LogP) is 2.73. The monoisotopic (exact) mass is 514 g/mol. The van der Waals surface area contributed by atoms with Crippen LogP contribution < -0.4 is 10.5 Å².